The highest BCUT2D eigenvalue weighted by molar-refractivity contribution is 9.10. The van der Waals surface area contributed by atoms with E-state index in [0.29, 0.717) is 20.9 Å². The minimum absolute atomic E-state index is 0.0695. The molecular weight excluding hydrogens is 409 g/mol. The number of hydrogen-bond acceptors (Lipinski definition) is 4. The van der Waals surface area contributed by atoms with Crippen LogP contribution in [-0.4, -0.2) is 16.8 Å². The molecular formula is C17H11BrFN3O2S. The summed E-state index contributed by atoms with van der Waals surface area (Å²) in [5, 5.41) is 7.53. The van der Waals surface area contributed by atoms with E-state index in [9.17, 15) is 14.0 Å². The molecule has 3 rings (SSSR count). The van der Waals surface area contributed by atoms with Crippen LogP contribution in [0.25, 0.3) is 0 Å². The fourth-order valence-electron chi connectivity index (χ4n) is 2.03. The van der Waals surface area contributed by atoms with E-state index in [2.05, 4.69) is 31.5 Å². The summed E-state index contributed by atoms with van der Waals surface area (Å²) in [5.74, 6) is -1.48. The molecule has 5 nitrogen and oxygen atoms in total. The van der Waals surface area contributed by atoms with Gasteiger partial charge in [-0.05, 0) is 42.5 Å². The predicted molar refractivity (Wildman–Crippen MR) is 98.6 cm³/mol. The molecule has 0 aliphatic rings. The molecule has 0 fully saturated rings. The van der Waals surface area contributed by atoms with Gasteiger partial charge in [-0.2, -0.15) is 0 Å². The van der Waals surface area contributed by atoms with Gasteiger partial charge in [-0.15, -0.1) is 11.3 Å². The number of halogens is 2. The van der Waals surface area contributed by atoms with Gasteiger partial charge in [-0.1, -0.05) is 15.9 Å². The van der Waals surface area contributed by atoms with E-state index < -0.39 is 11.7 Å². The molecule has 8 heteroatoms. The molecule has 25 heavy (non-hydrogen) atoms. The third-order valence-corrected chi connectivity index (χ3v) is 4.41. The number of thiazole rings is 1. The Morgan fingerprint density at radius 1 is 1.04 bits per heavy atom. The Morgan fingerprint density at radius 2 is 1.80 bits per heavy atom. The lowest BCUT2D eigenvalue weighted by Crippen LogP contribution is -2.14. The van der Waals surface area contributed by atoms with E-state index in [1.165, 1.54) is 29.5 Å². The Labute approximate surface area is 155 Å². The van der Waals surface area contributed by atoms with Gasteiger partial charge in [0.05, 0.1) is 5.56 Å². The van der Waals surface area contributed by atoms with Crippen molar-refractivity contribution in [3.63, 3.8) is 0 Å². The number of nitrogens with one attached hydrogen (secondary N) is 2. The lowest BCUT2D eigenvalue weighted by Gasteiger charge is -2.08. The van der Waals surface area contributed by atoms with Gasteiger partial charge in [0.25, 0.3) is 11.8 Å². The molecule has 2 aromatic carbocycles. The highest BCUT2D eigenvalue weighted by atomic mass is 79.9. The zero-order chi connectivity index (χ0) is 17.8. The van der Waals surface area contributed by atoms with Gasteiger partial charge in [0.1, 0.15) is 5.82 Å². The number of nitrogens with zero attached hydrogens (tertiary/aromatic N) is 1. The molecule has 2 amide bonds. The average molecular weight is 420 g/mol. The molecule has 0 saturated heterocycles. The Balaban J connectivity index is 1.69. The van der Waals surface area contributed by atoms with Crippen molar-refractivity contribution in [2.45, 2.75) is 0 Å². The van der Waals surface area contributed by atoms with Crippen LogP contribution in [0.4, 0.5) is 15.2 Å². The summed E-state index contributed by atoms with van der Waals surface area (Å²) in [7, 11) is 0. The monoisotopic (exact) mass is 419 g/mol. The van der Waals surface area contributed by atoms with Crippen LogP contribution in [0.3, 0.4) is 0 Å². The van der Waals surface area contributed by atoms with Gasteiger partial charge in [0.2, 0.25) is 0 Å². The molecule has 0 radical (unpaired) electrons. The smallest absolute Gasteiger partial charge is 0.258 e. The van der Waals surface area contributed by atoms with Gasteiger partial charge in [-0.3, -0.25) is 14.9 Å². The number of rotatable bonds is 4. The number of anilines is 2. The first kappa shape index (κ1) is 17.2. The molecule has 2 N–H and O–H groups in total. The highest BCUT2D eigenvalue weighted by Gasteiger charge is 2.13. The van der Waals surface area contributed by atoms with Crippen molar-refractivity contribution in [2.75, 3.05) is 10.6 Å². The van der Waals surface area contributed by atoms with Crippen LogP contribution in [-0.2, 0) is 0 Å². The molecule has 126 valence electrons. The number of hydrogen-bond donors (Lipinski definition) is 2. The molecule has 0 aliphatic carbocycles. The molecule has 1 aromatic heterocycles. The number of carbonyl (C=O) groups excluding carboxylic acids is 2. The van der Waals surface area contributed by atoms with Gasteiger partial charge in [-0.25, -0.2) is 9.37 Å². The first-order valence-electron chi connectivity index (χ1n) is 7.10. The third kappa shape index (κ3) is 4.28. The van der Waals surface area contributed by atoms with Crippen LogP contribution < -0.4 is 10.6 Å². The van der Waals surface area contributed by atoms with Crippen molar-refractivity contribution in [2.24, 2.45) is 0 Å². The van der Waals surface area contributed by atoms with E-state index in [1.54, 1.807) is 35.8 Å². The Bertz CT molecular complexity index is 914. The topological polar surface area (TPSA) is 71.1 Å². The van der Waals surface area contributed by atoms with E-state index >= 15 is 0 Å². The summed E-state index contributed by atoms with van der Waals surface area (Å²) in [6, 6.07) is 10.4. The minimum atomic E-state index is -0.611. The minimum Gasteiger partial charge on any atom is -0.322 e. The van der Waals surface area contributed by atoms with Crippen LogP contribution in [0.2, 0.25) is 0 Å². The maximum absolute atomic E-state index is 13.7. The van der Waals surface area contributed by atoms with Crippen molar-refractivity contribution in [1.82, 2.24) is 4.98 Å². The summed E-state index contributed by atoms with van der Waals surface area (Å²) in [6.07, 6.45) is 1.60. The fourth-order valence-corrected chi connectivity index (χ4v) is 2.91. The normalized spacial score (nSPS) is 10.3. The average Bonchev–Trinajstić information content (AvgIpc) is 3.10. The summed E-state index contributed by atoms with van der Waals surface area (Å²) in [6.45, 7) is 0. The summed E-state index contributed by atoms with van der Waals surface area (Å²) in [4.78, 5) is 28.2. The second-order valence-electron chi connectivity index (χ2n) is 4.95. The van der Waals surface area contributed by atoms with E-state index in [4.69, 9.17) is 0 Å². The van der Waals surface area contributed by atoms with Gasteiger partial charge in [0, 0.05) is 27.3 Å². The number of benzene rings is 2. The molecule has 0 bridgehead atoms. The molecule has 3 aromatic rings. The SMILES string of the molecule is O=C(Nc1nccs1)c1ccc(NC(=O)c2cc(Br)ccc2F)cc1. The predicted octanol–water partition coefficient (Wildman–Crippen LogP) is 4.55. The lowest BCUT2D eigenvalue weighted by atomic mass is 10.1. The first-order valence-corrected chi connectivity index (χ1v) is 8.77. The van der Waals surface area contributed by atoms with E-state index in [1.807, 2.05) is 0 Å². The summed E-state index contributed by atoms with van der Waals surface area (Å²) in [5.41, 5.74) is 0.803. The van der Waals surface area contributed by atoms with Gasteiger partial charge < -0.3 is 5.32 Å². The van der Waals surface area contributed by atoms with Crippen LogP contribution in [0.15, 0.2) is 58.5 Å². The molecule has 0 spiro atoms. The van der Waals surface area contributed by atoms with Crippen molar-refractivity contribution >= 4 is 49.9 Å². The number of amides is 2. The molecule has 0 atom stereocenters. The van der Waals surface area contributed by atoms with E-state index in [0.717, 1.165) is 0 Å². The second-order valence-corrected chi connectivity index (χ2v) is 6.76. The maximum atomic E-state index is 13.7. The quantitative estimate of drug-likeness (QED) is 0.651. The number of aromatic nitrogens is 1. The second kappa shape index (κ2) is 7.54. The zero-order valence-corrected chi connectivity index (χ0v) is 15.0. The Morgan fingerprint density at radius 3 is 2.48 bits per heavy atom. The van der Waals surface area contributed by atoms with Gasteiger partial charge in [0.15, 0.2) is 5.13 Å². The van der Waals surface area contributed by atoms with Crippen LogP contribution >= 0.6 is 27.3 Å². The summed E-state index contributed by atoms with van der Waals surface area (Å²) >= 11 is 4.52. The Kier molecular flexibility index (Phi) is 5.20. The van der Waals surface area contributed by atoms with Crippen molar-refractivity contribution in [3.05, 3.63) is 75.5 Å². The standard InChI is InChI=1S/C17H11BrFN3O2S/c18-11-3-6-14(19)13(9-11)16(24)21-12-4-1-10(2-5-12)15(23)22-17-20-7-8-25-17/h1-9H,(H,21,24)(H,20,22,23). The Hall–Kier alpha value is -2.58. The molecule has 0 saturated carbocycles. The molecule has 1 heterocycles. The van der Waals surface area contributed by atoms with Crippen LogP contribution in [0.1, 0.15) is 20.7 Å². The van der Waals surface area contributed by atoms with Crippen molar-refractivity contribution < 1.29 is 14.0 Å². The third-order valence-electron chi connectivity index (χ3n) is 3.23. The maximum Gasteiger partial charge on any atom is 0.258 e. The fraction of sp³-hybridized carbons (Fsp3) is 0. The molecule has 0 unspecified atom stereocenters. The first-order chi connectivity index (χ1) is 12.0. The van der Waals surface area contributed by atoms with Gasteiger partial charge >= 0.3 is 0 Å². The summed E-state index contributed by atoms with van der Waals surface area (Å²) < 4.78 is 14.3. The van der Waals surface area contributed by atoms with Crippen LogP contribution in [0, 0.1) is 5.82 Å². The van der Waals surface area contributed by atoms with Crippen molar-refractivity contribution in [1.29, 1.82) is 0 Å². The highest BCUT2D eigenvalue weighted by Crippen LogP contribution is 2.18. The van der Waals surface area contributed by atoms with E-state index in [-0.39, 0.29) is 11.5 Å². The largest absolute Gasteiger partial charge is 0.322 e. The van der Waals surface area contributed by atoms with Crippen molar-refractivity contribution in [3.8, 4) is 0 Å². The molecule has 0 aliphatic heterocycles. The zero-order valence-electron chi connectivity index (χ0n) is 12.6. The lowest BCUT2D eigenvalue weighted by molar-refractivity contribution is 0.101. The van der Waals surface area contributed by atoms with Crippen LogP contribution in [0.5, 0.6) is 0 Å². The number of carbonyl (C=O) groups is 2.